The highest BCUT2D eigenvalue weighted by molar-refractivity contribution is 5.10. The Morgan fingerprint density at radius 2 is 1.45 bits per heavy atom. The van der Waals surface area contributed by atoms with E-state index in [0.717, 1.165) is 47.8 Å². The maximum absolute atomic E-state index is 10.5. The largest absolute Gasteiger partial charge is 0.393 e. The summed E-state index contributed by atoms with van der Waals surface area (Å²) in [6.07, 6.45) is 15.4. The Kier molecular flexibility index (Phi) is 6.22. The second-order valence-electron chi connectivity index (χ2n) is 13.1. The number of hydrogen-bond acceptors (Lipinski definition) is 1. The highest BCUT2D eigenvalue weighted by Gasteiger charge is 2.61. The van der Waals surface area contributed by atoms with Crippen molar-refractivity contribution in [3.63, 3.8) is 0 Å². The van der Waals surface area contributed by atoms with Crippen LogP contribution in [0.25, 0.3) is 0 Å². The van der Waals surface area contributed by atoms with E-state index >= 15 is 0 Å². The first-order chi connectivity index (χ1) is 13.7. The molecule has 10 atom stereocenters. The second-order valence-corrected chi connectivity index (χ2v) is 13.1. The summed E-state index contributed by atoms with van der Waals surface area (Å²) >= 11 is 0. The first kappa shape index (κ1) is 22.2. The Morgan fingerprint density at radius 3 is 2.17 bits per heavy atom. The monoisotopic (exact) mass is 402 g/mol. The lowest BCUT2D eigenvalue weighted by atomic mass is 9.43. The summed E-state index contributed by atoms with van der Waals surface area (Å²) in [5.41, 5.74) is 1.12. The summed E-state index contributed by atoms with van der Waals surface area (Å²) in [5.74, 6) is 6.92. The van der Waals surface area contributed by atoms with Crippen molar-refractivity contribution in [2.75, 3.05) is 0 Å². The standard InChI is InChI=1S/C28H50O/c1-18(2)8-7-9-19(3)22-12-13-24-21-10-11-23-20(4)26(29)15-17-28(23,6)25(21)14-16-27(22,24)5/h18-26,29H,7-17H2,1-6H3/t19-,20-,21+,22-,23+,24+,25+,26+,27-,28+/m1/s1. The minimum absolute atomic E-state index is 0.0407. The predicted molar refractivity (Wildman–Crippen MR) is 124 cm³/mol. The SMILES string of the molecule is CC(C)CCC[C@@H](C)[C@H]1CC[C@H]2[C@@H]3CC[C@H]4[C@@H](C)[C@@H](O)CC[C@]4(C)[C@H]3CC[C@]12C. The molecule has 0 radical (unpaired) electrons. The molecule has 0 heterocycles. The highest BCUT2D eigenvalue weighted by Crippen LogP contribution is 2.68. The summed E-state index contributed by atoms with van der Waals surface area (Å²) in [6, 6.07) is 0. The van der Waals surface area contributed by atoms with Gasteiger partial charge in [0.15, 0.2) is 0 Å². The Balaban J connectivity index is 1.48. The zero-order chi connectivity index (χ0) is 21.0. The van der Waals surface area contributed by atoms with Crippen LogP contribution in [0.5, 0.6) is 0 Å². The fourth-order valence-electron chi connectivity index (χ4n) is 9.73. The predicted octanol–water partition coefficient (Wildman–Crippen LogP) is 7.71. The summed E-state index contributed by atoms with van der Waals surface area (Å²) in [5, 5.41) is 10.5. The number of rotatable bonds is 5. The van der Waals surface area contributed by atoms with Crippen molar-refractivity contribution in [1.82, 2.24) is 0 Å². The molecule has 0 spiro atoms. The van der Waals surface area contributed by atoms with Crippen LogP contribution in [0.4, 0.5) is 0 Å². The van der Waals surface area contributed by atoms with Crippen LogP contribution >= 0.6 is 0 Å². The van der Waals surface area contributed by atoms with Gasteiger partial charge in [-0.2, -0.15) is 0 Å². The minimum Gasteiger partial charge on any atom is -0.393 e. The fraction of sp³-hybridized carbons (Fsp3) is 1.00. The molecule has 0 aromatic rings. The molecule has 4 fully saturated rings. The van der Waals surface area contributed by atoms with E-state index < -0.39 is 0 Å². The van der Waals surface area contributed by atoms with Gasteiger partial charge in [0.2, 0.25) is 0 Å². The first-order valence-corrected chi connectivity index (χ1v) is 13.4. The van der Waals surface area contributed by atoms with Crippen molar-refractivity contribution in [2.24, 2.45) is 58.2 Å². The molecule has 0 aliphatic heterocycles. The third kappa shape index (κ3) is 3.64. The number of aliphatic hydroxyl groups is 1. The van der Waals surface area contributed by atoms with Gasteiger partial charge < -0.3 is 5.11 Å². The quantitative estimate of drug-likeness (QED) is 0.499. The second kappa shape index (κ2) is 8.14. The molecule has 0 unspecified atom stereocenters. The molecule has 1 nitrogen and oxygen atoms in total. The van der Waals surface area contributed by atoms with Crippen molar-refractivity contribution in [3.05, 3.63) is 0 Å². The molecule has 4 rings (SSSR count). The normalized spacial score (nSPS) is 50.7. The van der Waals surface area contributed by atoms with Crippen molar-refractivity contribution >= 4 is 0 Å². The van der Waals surface area contributed by atoms with Gasteiger partial charge in [-0.1, -0.05) is 60.8 Å². The molecule has 0 saturated heterocycles. The molecule has 4 saturated carbocycles. The van der Waals surface area contributed by atoms with Crippen LogP contribution in [0.1, 0.15) is 112 Å². The topological polar surface area (TPSA) is 20.2 Å². The van der Waals surface area contributed by atoms with Crippen molar-refractivity contribution < 1.29 is 5.11 Å². The lowest BCUT2D eigenvalue weighted by molar-refractivity contribution is -0.149. The molecule has 1 N–H and O–H groups in total. The van der Waals surface area contributed by atoms with Crippen LogP contribution < -0.4 is 0 Å². The molecular weight excluding hydrogens is 352 g/mol. The van der Waals surface area contributed by atoms with Gasteiger partial charge in [-0.3, -0.25) is 0 Å². The molecule has 4 aliphatic rings. The van der Waals surface area contributed by atoms with E-state index in [1.165, 1.54) is 64.2 Å². The summed E-state index contributed by atoms with van der Waals surface area (Å²) in [6.45, 7) is 15.0. The van der Waals surface area contributed by atoms with Crippen LogP contribution in [-0.4, -0.2) is 11.2 Å². The van der Waals surface area contributed by atoms with Crippen LogP contribution in [0.2, 0.25) is 0 Å². The third-order valence-electron chi connectivity index (χ3n) is 11.4. The average Bonchev–Trinajstić information content (AvgIpc) is 3.02. The smallest absolute Gasteiger partial charge is 0.0568 e. The van der Waals surface area contributed by atoms with E-state index in [1.807, 2.05) is 0 Å². The van der Waals surface area contributed by atoms with E-state index in [2.05, 4.69) is 41.5 Å². The van der Waals surface area contributed by atoms with Crippen molar-refractivity contribution in [3.8, 4) is 0 Å². The minimum atomic E-state index is -0.0407. The van der Waals surface area contributed by atoms with Gasteiger partial charge in [0.25, 0.3) is 0 Å². The van der Waals surface area contributed by atoms with Crippen molar-refractivity contribution in [2.45, 2.75) is 118 Å². The fourth-order valence-corrected chi connectivity index (χ4v) is 9.73. The van der Waals surface area contributed by atoms with Crippen LogP contribution in [0.15, 0.2) is 0 Å². The maximum atomic E-state index is 10.5. The van der Waals surface area contributed by atoms with E-state index in [4.69, 9.17) is 0 Å². The van der Waals surface area contributed by atoms with E-state index in [1.54, 1.807) is 0 Å². The van der Waals surface area contributed by atoms with Gasteiger partial charge >= 0.3 is 0 Å². The van der Waals surface area contributed by atoms with Gasteiger partial charge in [0.05, 0.1) is 6.10 Å². The number of aliphatic hydroxyl groups excluding tert-OH is 1. The number of fused-ring (bicyclic) bond motifs is 5. The Morgan fingerprint density at radius 1 is 0.793 bits per heavy atom. The molecule has 0 bridgehead atoms. The average molecular weight is 403 g/mol. The van der Waals surface area contributed by atoms with Crippen LogP contribution in [-0.2, 0) is 0 Å². The molecule has 29 heavy (non-hydrogen) atoms. The Labute approximate surface area is 181 Å². The maximum Gasteiger partial charge on any atom is 0.0568 e. The Bertz CT molecular complexity index is 569. The molecular formula is C28H50O. The highest BCUT2D eigenvalue weighted by atomic mass is 16.3. The van der Waals surface area contributed by atoms with Crippen LogP contribution in [0, 0.1) is 58.2 Å². The van der Waals surface area contributed by atoms with Gasteiger partial charge in [-0.25, -0.2) is 0 Å². The van der Waals surface area contributed by atoms with E-state index in [-0.39, 0.29) is 6.10 Å². The molecule has 0 amide bonds. The van der Waals surface area contributed by atoms with Gasteiger partial charge in [0, 0.05) is 0 Å². The molecule has 0 aromatic heterocycles. The van der Waals surface area contributed by atoms with E-state index in [0.29, 0.717) is 16.7 Å². The number of hydrogen-bond donors (Lipinski definition) is 1. The third-order valence-corrected chi connectivity index (χ3v) is 11.4. The summed E-state index contributed by atoms with van der Waals surface area (Å²) < 4.78 is 0. The van der Waals surface area contributed by atoms with Gasteiger partial charge in [-0.15, -0.1) is 0 Å². The summed E-state index contributed by atoms with van der Waals surface area (Å²) in [7, 11) is 0. The molecule has 168 valence electrons. The zero-order valence-electron chi connectivity index (χ0n) is 20.4. The summed E-state index contributed by atoms with van der Waals surface area (Å²) in [4.78, 5) is 0. The lowest BCUT2D eigenvalue weighted by Crippen LogP contribution is -2.56. The first-order valence-electron chi connectivity index (χ1n) is 13.4. The molecule has 1 heteroatoms. The van der Waals surface area contributed by atoms with Crippen LogP contribution in [0.3, 0.4) is 0 Å². The molecule has 4 aliphatic carbocycles. The van der Waals surface area contributed by atoms with E-state index in [9.17, 15) is 5.11 Å². The zero-order valence-corrected chi connectivity index (χ0v) is 20.4. The molecule has 0 aromatic carbocycles. The van der Waals surface area contributed by atoms with Crippen molar-refractivity contribution in [1.29, 1.82) is 0 Å². The van der Waals surface area contributed by atoms with Gasteiger partial charge in [0.1, 0.15) is 0 Å². The lowest BCUT2D eigenvalue weighted by Gasteiger charge is -2.62. The van der Waals surface area contributed by atoms with Gasteiger partial charge in [-0.05, 0) is 110 Å². The Hall–Kier alpha value is -0.0400.